The van der Waals surface area contributed by atoms with E-state index in [1.165, 1.54) is 0 Å². The van der Waals surface area contributed by atoms with Crippen molar-refractivity contribution in [2.24, 2.45) is 0 Å². The van der Waals surface area contributed by atoms with Gasteiger partial charge in [0, 0.05) is 39.5 Å². The van der Waals surface area contributed by atoms with Crippen molar-refractivity contribution in [3.8, 4) is 6.07 Å². The minimum Gasteiger partial charge on any atom is -0.321 e. The number of pyridine rings is 1. The van der Waals surface area contributed by atoms with Crippen LogP contribution in [0.1, 0.15) is 74.1 Å². The Labute approximate surface area is 248 Å². The van der Waals surface area contributed by atoms with Crippen molar-refractivity contribution >= 4 is 33.9 Å². The van der Waals surface area contributed by atoms with Gasteiger partial charge in [-0.2, -0.15) is 5.26 Å². The average Bonchev–Trinajstić information content (AvgIpc) is 3.65. The van der Waals surface area contributed by atoms with Crippen LogP contribution >= 0.6 is 11.3 Å². The summed E-state index contributed by atoms with van der Waals surface area (Å²) in [5.41, 5.74) is 7.33. The molecule has 0 spiro atoms. The molecule has 0 unspecified atom stereocenters. The SMILES string of the molecule is CC(=O)c1ccc2nc(CN3CCC(c4cccc(CC(=O)c5ccc(C#N)cc5)n4)CC3)n(Cc3cncs3)c2c1. The quantitative estimate of drug-likeness (QED) is 0.204. The summed E-state index contributed by atoms with van der Waals surface area (Å²) in [6.07, 6.45) is 4.08. The number of likely N-dealkylation sites (tertiary alicyclic amines) is 1. The van der Waals surface area contributed by atoms with Crippen LogP contribution in [-0.2, 0) is 19.5 Å². The van der Waals surface area contributed by atoms with Crippen LogP contribution in [0.2, 0.25) is 0 Å². The number of Topliss-reactive ketones (excluding diaryl/α,β-unsaturated/α-hetero) is 2. The number of aromatic nitrogens is 4. The number of carbonyl (C=O) groups is 2. The van der Waals surface area contributed by atoms with E-state index in [-0.39, 0.29) is 18.0 Å². The van der Waals surface area contributed by atoms with E-state index in [0.29, 0.717) is 29.2 Å². The maximum atomic E-state index is 12.8. The van der Waals surface area contributed by atoms with E-state index in [0.717, 1.165) is 65.6 Å². The molecule has 210 valence electrons. The molecule has 5 aromatic rings. The molecule has 0 saturated carbocycles. The molecule has 0 atom stereocenters. The topological polar surface area (TPSA) is 105 Å². The average molecular weight is 575 g/mol. The molecule has 42 heavy (non-hydrogen) atoms. The van der Waals surface area contributed by atoms with Gasteiger partial charge >= 0.3 is 0 Å². The van der Waals surface area contributed by atoms with Gasteiger partial charge in [0.15, 0.2) is 11.6 Å². The highest BCUT2D eigenvalue weighted by Gasteiger charge is 2.24. The van der Waals surface area contributed by atoms with Gasteiger partial charge in [-0.1, -0.05) is 18.2 Å². The van der Waals surface area contributed by atoms with Gasteiger partial charge in [-0.25, -0.2) is 4.98 Å². The number of piperidine rings is 1. The third-order valence-electron chi connectivity index (χ3n) is 7.91. The first-order chi connectivity index (χ1) is 20.5. The number of imidazole rings is 1. The van der Waals surface area contributed by atoms with Gasteiger partial charge in [-0.3, -0.25) is 24.5 Å². The number of nitriles is 1. The number of ketones is 2. The van der Waals surface area contributed by atoms with Crippen molar-refractivity contribution in [3.05, 3.63) is 111 Å². The van der Waals surface area contributed by atoms with Gasteiger partial charge in [0.25, 0.3) is 0 Å². The van der Waals surface area contributed by atoms with E-state index in [2.05, 4.69) is 26.6 Å². The Bertz CT molecular complexity index is 1780. The normalized spacial score (nSPS) is 14.2. The Hall–Kier alpha value is -4.52. The third-order valence-corrected chi connectivity index (χ3v) is 8.67. The second kappa shape index (κ2) is 12.1. The van der Waals surface area contributed by atoms with Crippen LogP contribution in [0.4, 0.5) is 0 Å². The first kappa shape index (κ1) is 27.6. The summed E-state index contributed by atoms with van der Waals surface area (Å²) in [6, 6.07) is 20.5. The monoisotopic (exact) mass is 574 g/mol. The van der Waals surface area contributed by atoms with Crippen molar-refractivity contribution in [1.29, 1.82) is 5.26 Å². The van der Waals surface area contributed by atoms with E-state index in [1.807, 2.05) is 42.0 Å². The van der Waals surface area contributed by atoms with Crippen molar-refractivity contribution in [1.82, 2.24) is 24.4 Å². The van der Waals surface area contributed by atoms with Crippen LogP contribution in [0.25, 0.3) is 11.0 Å². The number of benzene rings is 2. The van der Waals surface area contributed by atoms with Gasteiger partial charge in [-0.05, 0) is 75.3 Å². The molecule has 8 nitrogen and oxygen atoms in total. The summed E-state index contributed by atoms with van der Waals surface area (Å²) < 4.78 is 2.22. The fourth-order valence-electron chi connectivity index (χ4n) is 5.57. The molecule has 0 N–H and O–H groups in total. The first-order valence-electron chi connectivity index (χ1n) is 14.1. The molecule has 2 aromatic carbocycles. The van der Waals surface area contributed by atoms with Crippen LogP contribution in [0.15, 0.2) is 72.4 Å². The second-order valence-electron chi connectivity index (χ2n) is 10.7. The maximum absolute atomic E-state index is 12.8. The highest BCUT2D eigenvalue weighted by atomic mass is 32.1. The number of fused-ring (bicyclic) bond motifs is 1. The largest absolute Gasteiger partial charge is 0.321 e. The zero-order valence-electron chi connectivity index (χ0n) is 23.4. The van der Waals surface area contributed by atoms with Crippen LogP contribution in [-0.4, -0.2) is 49.1 Å². The molecule has 6 rings (SSSR count). The Morgan fingerprint density at radius 2 is 1.79 bits per heavy atom. The molecule has 0 aliphatic carbocycles. The lowest BCUT2D eigenvalue weighted by atomic mass is 9.92. The maximum Gasteiger partial charge on any atom is 0.168 e. The lowest BCUT2D eigenvalue weighted by molar-refractivity contribution is 0.0989. The van der Waals surface area contributed by atoms with Crippen LogP contribution in [0.5, 0.6) is 0 Å². The number of nitrogens with zero attached hydrogens (tertiary/aromatic N) is 6. The number of rotatable bonds is 9. The van der Waals surface area contributed by atoms with Crippen molar-refractivity contribution < 1.29 is 9.59 Å². The molecule has 4 heterocycles. The fourth-order valence-corrected chi connectivity index (χ4v) is 6.16. The fraction of sp³-hybridized carbons (Fsp3) is 0.273. The Morgan fingerprint density at radius 1 is 1.00 bits per heavy atom. The molecule has 0 radical (unpaired) electrons. The van der Waals surface area contributed by atoms with E-state index in [1.54, 1.807) is 42.5 Å². The standard InChI is InChI=1S/C33H30N6O2S/c1-22(40)26-9-10-30-31(15-26)39(19-28-18-35-21-42-28)33(37-30)20-38-13-11-24(12-14-38)29-4-2-3-27(36-29)16-32(41)25-7-5-23(17-34)6-8-25/h2-10,15,18,21,24H,11-14,16,19-20H2,1H3. The minimum absolute atomic E-state index is 0.00407. The molecular formula is C33H30N6O2S. The van der Waals surface area contributed by atoms with Gasteiger partial charge in [-0.15, -0.1) is 11.3 Å². The zero-order valence-corrected chi connectivity index (χ0v) is 24.2. The summed E-state index contributed by atoms with van der Waals surface area (Å²) in [4.78, 5) is 42.5. The summed E-state index contributed by atoms with van der Waals surface area (Å²) in [7, 11) is 0. The molecule has 1 fully saturated rings. The Balaban J connectivity index is 1.13. The van der Waals surface area contributed by atoms with E-state index < -0.39 is 0 Å². The summed E-state index contributed by atoms with van der Waals surface area (Å²) in [5.74, 6) is 1.36. The molecule has 0 bridgehead atoms. The van der Waals surface area contributed by atoms with Crippen molar-refractivity contribution in [3.63, 3.8) is 0 Å². The molecule has 1 saturated heterocycles. The predicted octanol–water partition coefficient (Wildman–Crippen LogP) is 5.82. The zero-order chi connectivity index (χ0) is 29.1. The Morgan fingerprint density at radius 3 is 2.50 bits per heavy atom. The summed E-state index contributed by atoms with van der Waals surface area (Å²) in [5, 5.41) is 9.00. The highest BCUT2D eigenvalue weighted by Crippen LogP contribution is 2.29. The van der Waals surface area contributed by atoms with Crippen LogP contribution in [0, 0.1) is 11.3 Å². The van der Waals surface area contributed by atoms with Crippen molar-refractivity contribution in [2.45, 2.75) is 45.2 Å². The number of thiazole rings is 1. The number of carbonyl (C=O) groups excluding carboxylic acids is 2. The summed E-state index contributed by atoms with van der Waals surface area (Å²) in [6.45, 7) is 4.83. The van der Waals surface area contributed by atoms with Crippen LogP contribution in [0.3, 0.4) is 0 Å². The number of hydrogen-bond donors (Lipinski definition) is 0. The molecule has 9 heteroatoms. The van der Waals surface area contributed by atoms with Gasteiger partial charge in [0.1, 0.15) is 5.82 Å². The summed E-state index contributed by atoms with van der Waals surface area (Å²) >= 11 is 1.62. The smallest absolute Gasteiger partial charge is 0.168 e. The molecule has 0 amide bonds. The van der Waals surface area contributed by atoms with Gasteiger partial charge in [0.2, 0.25) is 0 Å². The molecular weight excluding hydrogens is 544 g/mol. The van der Waals surface area contributed by atoms with E-state index in [4.69, 9.17) is 15.2 Å². The lowest BCUT2D eigenvalue weighted by Crippen LogP contribution is -2.33. The Kier molecular flexibility index (Phi) is 8.00. The first-order valence-corrected chi connectivity index (χ1v) is 14.9. The van der Waals surface area contributed by atoms with Crippen molar-refractivity contribution in [2.75, 3.05) is 13.1 Å². The molecule has 1 aliphatic rings. The second-order valence-corrected chi connectivity index (χ2v) is 11.7. The molecule has 3 aromatic heterocycles. The molecule has 1 aliphatic heterocycles. The predicted molar refractivity (Wildman–Crippen MR) is 162 cm³/mol. The van der Waals surface area contributed by atoms with Gasteiger partial charge < -0.3 is 4.57 Å². The number of hydrogen-bond acceptors (Lipinski definition) is 8. The van der Waals surface area contributed by atoms with Crippen LogP contribution < -0.4 is 0 Å². The van der Waals surface area contributed by atoms with Gasteiger partial charge in [0.05, 0.1) is 47.7 Å². The highest BCUT2D eigenvalue weighted by molar-refractivity contribution is 7.09. The third kappa shape index (κ3) is 6.05. The lowest BCUT2D eigenvalue weighted by Gasteiger charge is -2.31. The minimum atomic E-state index is -0.00407. The van der Waals surface area contributed by atoms with E-state index >= 15 is 0 Å². The van der Waals surface area contributed by atoms with E-state index in [9.17, 15) is 9.59 Å².